The van der Waals surface area contributed by atoms with Crippen LogP contribution in [0.15, 0.2) is 0 Å². The van der Waals surface area contributed by atoms with E-state index < -0.39 is 67.7 Å². The van der Waals surface area contributed by atoms with Crippen molar-refractivity contribution in [1.82, 2.24) is 0 Å². The van der Waals surface area contributed by atoms with E-state index in [1.807, 2.05) is 13.8 Å². The topological polar surface area (TPSA) is 135 Å². The molecule has 0 radical (unpaired) electrons. The molecule has 3 aliphatic heterocycles. The van der Waals surface area contributed by atoms with E-state index in [0.29, 0.717) is 12.8 Å². The van der Waals surface area contributed by atoms with Crippen molar-refractivity contribution in [3.63, 3.8) is 0 Å². The highest BCUT2D eigenvalue weighted by Gasteiger charge is 2.48. The molecule has 3 N–H and O–H groups in total. The highest BCUT2D eigenvalue weighted by atomic mass is 16.7. The summed E-state index contributed by atoms with van der Waals surface area (Å²) >= 11 is 0. The predicted octanol–water partition coefficient (Wildman–Crippen LogP) is -0.469. The van der Waals surface area contributed by atoms with Gasteiger partial charge in [0.2, 0.25) is 0 Å². The first-order valence-electron chi connectivity index (χ1n) is 11.1. The second-order valence-electron chi connectivity index (χ2n) is 8.68. The SMILES string of the molecule is CO[C@H]1[C@@H](O)[C@@H](C)O[C@@H](O[C@H]2[C@@H](OC)C[C@H](O[C@H]3[C@@H](OC)CC(O)O[C@@H]3C)O[C@@H]2C)[C@@H]1O. The molecule has 3 heterocycles. The molecule has 13 atom stereocenters. The minimum atomic E-state index is -1.18. The first-order chi connectivity index (χ1) is 15.2. The summed E-state index contributed by atoms with van der Waals surface area (Å²) in [6.45, 7) is 5.33. The van der Waals surface area contributed by atoms with Crippen molar-refractivity contribution in [2.45, 2.75) is 114 Å². The van der Waals surface area contributed by atoms with E-state index in [2.05, 4.69) is 0 Å². The molecule has 11 heteroatoms. The van der Waals surface area contributed by atoms with Crippen molar-refractivity contribution < 1.29 is 53.2 Å². The van der Waals surface area contributed by atoms with Gasteiger partial charge in [-0.05, 0) is 20.8 Å². The summed E-state index contributed by atoms with van der Waals surface area (Å²) in [6.07, 6.45) is -8.01. The molecule has 3 aliphatic rings. The van der Waals surface area contributed by atoms with Gasteiger partial charge < -0.3 is 53.2 Å². The Bertz CT molecular complexity index is 580. The third-order valence-corrected chi connectivity index (χ3v) is 6.51. The monoisotopic (exact) mass is 466 g/mol. The van der Waals surface area contributed by atoms with Crippen LogP contribution in [-0.2, 0) is 37.9 Å². The maximum atomic E-state index is 10.6. The lowest BCUT2D eigenvalue weighted by molar-refractivity contribution is -0.350. The van der Waals surface area contributed by atoms with Gasteiger partial charge in [-0.1, -0.05) is 0 Å². The maximum absolute atomic E-state index is 10.6. The molecule has 11 nitrogen and oxygen atoms in total. The molecule has 3 rings (SSSR count). The fourth-order valence-corrected chi connectivity index (χ4v) is 4.68. The molecule has 3 fully saturated rings. The molecular weight excluding hydrogens is 428 g/mol. The summed E-state index contributed by atoms with van der Waals surface area (Å²) in [4.78, 5) is 0. The average molecular weight is 467 g/mol. The third kappa shape index (κ3) is 5.61. The van der Waals surface area contributed by atoms with Crippen LogP contribution in [0.5, 0.6) is 0 Å². The van der Waals surface area contributed by atoms with Crippen molar-refractivity contribution in [1.29, 1.82) is 0 Å². The summed E-state index contributed by atoms with van der Waals surface area (Å²) in [6, 6.07) is 0. The fraction of sp³-hybridized carbons (Fsp3) is 1.00. The van der Waals surface area contributed by atoms with Crippen LogP contribution in [-0.4, -0.2) is 117 Å². The predicted molar refractivity (Wildman–Crippen MR) is 109 cm³/mol. The first kappa shape index (κ1) is 26.2. The van der Waals surface area contributed by atoms with Gasteiger partial charge in [-0.25, -0.2) is 0 Å². The third-order valence-electron chi connectivity index (χ3n) is 6.51. The lowest BCUT2D eigenvalue weighted by atomic mass is 9.98. The number of methoxy groups -OCH3 is 3. The van der Waals surface area contributed by atoms with Crippen LogP contribution in [0, 0.1) is 0 Å². The normalized spacial score (nSPS) is 50.3. The molecule has 1 unspecified atom stereocenters. The Balaban J connectivity index is 1.64. The van der Waals surface area contributed by atoms with E-state index in [-0.39, 0.29) is 12.2 Å². The van der Waals surface area contributed by atoms with Crippen molar-refractivity contribution in [2.75, 3.05) is 21.3 Å². The van der Waals surface area contributed by atoms with Gasteiger partial charge in [-0.15, -0.1) is 0 Å². The Morgan fingerprint density at radius 2 is 1.22 bits per heavy atom. The number of hydrogen-bond acceptors (Lipinski definition) is 11. The maximum Gasteiger partial charge on any atom is 0.187 e. The Morgan fingerprint density at radius 1 is 0.625 bits per heavy atom. The van der Waals surface area contributed by atoms with Crippen LogP contribution >= 0.6 is 0 Å². The van der Waals surface area contributed by atoms with E-state index in [1.165, 1.54) is 7.11 Å². The number of hydrogen-bond donors (Lipinski definition) is 3. The molecule has 32 heavy (non-hydrogen) atoms. The largest absolute Gasteiger partial charge is 0.388 e. The van der Waals surface area contributed by atoms with E-state index in [0.717, 1.165) is 0 Å². The van der Waals surface area contributed by atoms with Gasteiger partial charge in [0.1, 0.15) is 30.5 Å². The van der Waals surface area contributed by atoms with Gasteiger partial charge in [0.15, 0.2) is 18.9 Å². The van der Waals surface area contributed by atoms with Gasteiger partial charge in [0.25, 0.3) is 0 Å². The Labute approximate surface area is 188 Å². The Hall–Kier alpha value is -0.440. The van der Waals surface area contributed by atoms with Crippen LogP contribution in [0.3, 0.4) is 0 Å². The summed E-state index contributed by atoms with van der Waals surface area (Å²) in [7, 11) is 4.55. The molecule has 0 aromatic rings. The number of aliphatic hydroxyl groups is 3. The molecule has 0 aromatic heterocycles. The van der Waals surface area contributed by atoms with Gasteiger partial charge in [-0.3, -0.25) is 0 Å². The van der Waals surface area contributed by atoms with Gasteiger partial charge in [-0.2, -0.15) is 0 Å². The van der Waals surface area contributed by atoms with Crippen LogP contribution in [0.25, 0.3) is 0 Å². The van der Waals surface area contributed by atoms with Gasteiger partial charge in [0, 0.05) is 34.2 Å². The van der Waals surface area contributed by atoms with Crippen molar-refractivity contribution in [3.05, 3.63) is 0 Å². The van der Waals surface area contributed by atoms with E-state index in [1.54, 1.807) is 21.1 Å². The summed E-state index contributed by atoms with van der Waals surface area (Å²) in [5, 5.41) is 30.6. The minimum absolute atomic E-state index is 0.300. The van der Waals surface area contributed by atoms with E-state index in [9.17, 15) is 15.3 Å². The van der Waals surface area contributed by atoms with Crippen molar-refractivity contribution >= 4 is 0 Å². The molecule has 0 aromatic carbocycles. The van der Waals surface area contributed by atoms with Gasteiger partial charge >= 0.3 is 0 Å². The van der Waals surface area contributed by atoms with Crippen molar-refractivity contribution in [2.24, 2.45) is 0 Å². The van der Waals surface area contributed by atoms with Crippen LogP contribution in [0.4, 0.5) is 0 Å². The van der Waals surface area contributed by atoms with E-state index in [4.69, 9.17) is 37.9 Å². The van der Waals surface area contributed by atoms with Crippen LogP contribution in [0.1, 0.15) is 33.6 Å². The van der Waals surface area contributed by atoms with Gasteiger partial charge in [0.05, 0.1) is 30.5 Å². The second-order valence-corrected chi connectivity index (χ2v) is 8.68. The quantitative estimate of drug-likeness (QED) is 0.449. The molecule has 0 spiro atoms. The summed E-state index contributed by atoms with van der Waals surface area (Å²) in [5.74, 6) is 0. The molecule has 3 saturated heterocycles. The number of aliphatic hydroxyl groups excluding tert-OH is 3. The van der Waals surface area contributed by atoms with Crippen LogP contribution < -0.4 is 0 Å². The standard InChI is InChI=1S/C21H38O11/c1-9-16(23)20(27-6)17(24)21(30-9)32-19-11(3)29-15(8-13(19)26-5)31-18-10(2)28-14(22)7-12(18)25-4/h9-24H,7-8H2,1-6H3/t9-,10-,11-,12+,13+,14?,15+,16+,17-,18-,19-,20+,21+/m1/s1. The van der Waals surface area contributed by atoms with E-state index >= 15 is 0 Å². The number of ether oxygens (including phenoxy) is 8. The lowest BCUT2D eigenvalue weighted by Gasteiger charge is -2.46. The summed E-state index contributed by atoms with van der Waals surface area (Å²) < 4.78 is 45.9. The molecular formula is C21H38O11. The molecule has 0 bridgehead atoms. The van der Waals surface area contributed by atoms with Crippen LogP contribution in [0.2, 0.25) is 0 Å². The molecule has 0 amide bonds. The average Bonchev–Trinajstić information content (AvgIpc) is 2.75. The number of rotatable bonds is 7. The smallest absolute Gasteiger partial charge is 0.187 e. The second kappa shape index (κ2) is 11.3. The molecule has 188 valence electrons. The molecule has 0 aliphatic carbocycles. The first-order valence-corrected chi connectivity index (χ1v) is 11.1. The minimum Gasteiger partial charge on any atom is -0.388 e. The molecule has 0 saturated carbocycles. The van der Waals surface area contributed by atoms with Crippen molar-refractivity contribution in [3.8, 4) is 0 Å². The Morgan fingerprint density at radius 3 is 1.84 bits per heavy atom. The zero-order valence-electron chi connectivity index (χ0n) is 19.5. The lowest BCUT2D eigenvalue weighted by Crippen LogP contribution is -2.61. The zero-order chi connectivity index (χ0) is 23.6. The Kier molecular flexibility index (Phi) is 9.26. The highest BCUT2D eigenvalue weighted by Crippen LogP contribution is 2.33. The zero-order valence-corrected chi connectivity index (χ0v) is 19.5. The highest BCUT2D eigenvalue weighted by molar-refractivity contribution is 4.91. The summed E-state index contributed by atoms with van der Waals surface area (Å²) in [5.41, 5.74) is 0. The fourth-order valence-electron chi connectivity index (χ4n) is 4.68.